The molecule has 7 fully saturated rings. The molecule has 5 saturated carbocycles. The fourth-order valence-corrected chi connectivity index (χ4v) is 8.68. The summed E-state index contributed by atoms with van der Waals surface area (Å²) in [4.78, 5) is 14.9. The van der Waals surface area contributed by atoms with E-state index in [4.69, 9.17) is 23.8 Å². The van der Waals surface area contributed by atoms with Gasteiger partial charge in [0.25, 0.3) is 10.1 Å². The summed E-state index contributed by atoms with van der Waals surface area (Å²) >= 11 is 0. The van der Waals surface area contributed by atoms with Crippen molar-refractivity contribution in [2.24, 2.45) is 23.7 Å². The second-order valence-electron chi connectivity index (χ2n) is 13.4. The van der Waals surface area contributed by atoms with Crippen LogP contribution in [0.3, 0.4) is 0 Å². The van der Waals surface area contributed by atoms with E-state index in [9.17, 15) is 8.42 Å². The summed E-state index contributed by atoms with van der Waals surface area (Å²) in [6.07, 6.45) is 16.6. The lowest BCUT2D eigenvalue weighted by molar-refractivity contribution is -0.390. The minimum absolute atomic E-state index is 0.437. The van der Waals surface area contributed by atoms with Crippen LogP contribution in [0.15, 0.2) is 24.3 Å². The van der Waals surface area contributed by atoms with Crippen molar-refractivity contribution in [3.8, 4) is 5.75 Å². The quantitative estimate of drug-likeness (QED) is 0.253. The lowest BCUT2D eigenvalue weighted by Crippen LogP contribution is -2.59. The second-order valence-corrected chi connectivity index (χ2v) is 14.9. The first kappa shape index (κ1) is 28.9. The van der Waals surface area contributed by atoms with E-state index in [-0.39, 0.29) is 0 Å². The topological polar surface area (TPSA) is 94.5 Å². The standard InChI is InChI=1S/C30H43NO4.CH4O3S/c1-2-13-31(14-3-1)15-4-16-32-28-7-5-24(6-8-28)25-9-11-29(12-10-25)33-30(35-34-29)26-18-22-17-23(20-26)21-27(30)19-22;1-5(2,3)4/h5-8,22-23,25-27H,1-4,9-21H2;1H3,(H,2,3,4). The highest BCUT2D eigenvalue weighted by molar-refractivity contribution is 7.85. The van der Waals surface area contributed by atoms with Gasteiger partial charge >= 0.3 is 0 Å². The Morgan fingerprint density at radius 1 is 0.925 bits per heavy atom. The van der Waals surface area contributed by atoms with Gasteiger partial charge in [0.05, 0.1) is 12.9 Å². The number of piperidine rings is 1. The molecule has 4 bridgehead atoms. The van der Waals surface area contributed by atoms with Gasteiger partial charge in [-0.2, -0.15) is 18.2 Å². The lowest BCUT2D eigenvalue weighted by Gasteiger charge is -2.57. The second kappa shape index (κ2) is 11.8. The van der Waals surface area contributed by atoms with Crippen molar-refractivity contribution in [1.29, 1.82) is 0 Å². The minimum atomic E-state index is -3.67. The fourth-order valence-electron chi connectivity index (χ4n) is 8.68. The molecule has 2 spiro atoms. The van der Waals surface area contributed by atoms with Crippen molar-refractivity contribution >= 4 is 10.1 Å². The number of nitrogens with zero attached hydrogens (tertiary/aromatic N) is 1. The molecule has 8 nitrogen and oxygen atoms in total. The van der Waals surface area contributed by atoms with Gasteiger partial charge in [-0.05, 0) is 113 Å². The van der Waals surface area contributed by atoms with E-state index in [1.807, 2.05) is 0 Å². The molecule has 2 saturated heterocycles. The molecule has 0 radical (unpaired) electrons. The third-order valence-electron chi connectivity index (χ3n) is 10.4. The van der Waals surface area contributed by atoms with Crippen LogP contribution in [-0.4, -0.2) is 61.9 Å². The molecular formula is C31H47NO7S. The highest BCUT2D eigenvalue weighted by Crippen LogP contribution is 2.64. The zero-order chi connectivity index (χ0) is 27.8. The largest absolute Gasteiger partial charge is 0.494 e. The molecule has 8 rings (SSSR count). The Balaban J connectivity index is 0.000000534. The third kappa shape index (κ3) is 6.55. The van der Waals surface area contributed by atoms with Crippen LogP contribution in [0.1, 0.15) is 95.0 Å². The Morgan fingerprint density at radius 2 is 1.52 bits per heavy atom. The summed E-state index contributed by atoms with van der Waals surface area (Å²) in [6, 6.07) is 8.87. The van der Waals surface area contributed by atoms with Crippen molar-refractivity contribution in [1.82, 2.24) is 4.90 Å². The average Bonchev–Trinajstić information content (AvgIpc) is 3.30. The lowest BCUT2D eigenvalue weighted by atomic mass is 9.53. The van der Waals surface area contributed by atoms with Gasteiger partial charge in [0.15, 0.2) is 0 Å². The van der Waals surface area contributed by atoms with Crippen LogP contribution in [0.4, 0.5) is 0 Å². The predicted molar refractivity (Wildman–Crippen MR) is 151 cm³/mol. The maximum absolute atomic E-state index is 9.19. The Hall–Kier alpha value is -1.23. The zero-order valence-corrected chi connectivity index (χ0v) is 24.8. The molecule has 0 amide bonds. The van der Waals surface area contributed by atoms with Gasteiger partial charge in [0, 0.05) is 31.2 Å². The van der Waals surface area contributed by atoms with E-state index in [0.717, 1.165) is 56.3 Å². The Morgan fingerprint density at radius 3 is 2.12 bits per heavy atom. The number of hydrogen-bond acceptors (Lipinski definition) is 7. The highest BCUT2D eigenvalue weighted by Gasteiger charge is 2.66. The minimum Gasteiger partial charge on any atom is -0.494 e. The van der Waals surface area contributed by atoms with Crippen molar-refractivity contribution in [2.45, 2.75) is 101 Å². The van der Waals surface area contributed by atoms with E-state index >= 15 is 0 Å². The molecule has 1 N–H and O–H groups in total. The summed E-state index contributed by atoms with van der Waals surface area (Å²) in [6.45, 7) is 4.51. The van der Waals surface area contributed by atoms with Crippen LogP contribution < -0.4 is 4.74 Å². The van der Waals surface area contributed by atoms with Crippen molar-refractivity contribution in [3.63, 3.8) is 0 Å². The normalized spacial score (nSPS) is 38.9. The number of rotatable bonds is 6. The molecule has 40 heavy (non-hydrogen) atoms. The maximum Gasteiger partial charge on any atom is 0.261 e. The Labute approximate surface area is 239 Å². The monoisotopic (exact) mass is 577 g/mol. The molecule has 1 aromatic rings. The van der Waals surface area contributed by atoms with Gasteiger partial charge in [-0.3, -0.25) is 4.55 Å². The molecule has 9 heteroatoms. The van der Waals surface area contributed by atoms with Crippen LogP contribution in [0.5, 0.6) is 5.75 Å². The van der Waals surface area contributed by atoms with E-state index in [1.54, 1.807) is 0 Å². The molecule has 0 unspecified atom stereocenters. The first-order valence-corrected chi connectivity index (χ1v) is 17.5. The van der Waals surface area contributed by atoms with Crippen molar-refractivity contribution in [3.05, 3.63) is 29.8 Å². The smallest absolute Gasteiger partial charge is 0.261 e. The predicted octanol–water partition coefficient (Wildman–Crippen LogP) is 5.93. The molecule has 2 aliphatic heterocycles. The van der Waals surface area contributed by atoms with Crippen LogP contribution in [0, 0.1) is 23.7 Å². The number of likely N-dealkylation sites (tertiary alicyclic amines) is 1. The van der Waals surface area contributed by atoms with Crippen LogP contribution >= 0.6 is 0 Å². The number of hydrogen-bond donors (Lipinski definition) is 1. The summed E-state index contributed by atoms with van der Waals surface area (Å²) in [5.74, 6) is 3.52. The molecule has 5 aliphatic carbocycles. The van der Waals surface area contributed by atoms with Gasteiger partial charge in [0.1, 0.15) is 5.75 Å². The zero-order valence-electron chi connectivity index (χ0n) is 24.0. The molecule has 7 aliphatic rings. The SMILES string of the molecule is CS(=O)(=O)O.c1cc(C2CCC3(CC2)OOC2(O3)C3CC4CC(C3)CC2C4)ccc1OCCCN1CCCCC1. The van der Waals surface area contributed by atoms with Gasteiger partial charge in [0.2, 0.25) is 11.6 Å². The molecular weight excluding hydrogens is 530 g/mol. The highest BCUT2D eigenvalue weighted by atomic mass is 32.2. The van der Waals surface area contributed by atoms with Gasteiger partial charge in [-0.25, -0.2) is 0 Å². The molecule has 0 aromatic heterocycles. The third-order valence-corrected chi connectivity index (χ3v) is 10.4. The Kier molecular flexibility index (Phi) is 8.52. The van der Waals surface area contributed by atoms with Crippen molar-refractivity contribution < 1.29 is 32.2 Å². The van der Waals surface area contributed by atoms with E-state index in [1.165, 1.54) is 76.6 Å². The maximum atomic E-state index is 9.19. The number of benzene rings is 1. The average molecular weight is 578 g/mol. The van der Waals surface area contributed by atoms with Crippen molar-refractivity contribution in [2.75, 3.05) is 32.5 Å². The van der Waals surface area contributed by atoms with E-state index < -0.39 is 21.7 Å². The summed E-state index contributed by atoms with van der Waals surface area (Å²) in [7, 11) is -3.67. The van der Waals surface area contributed by atoms with Gasteiger partial charge < -0.3 is 14.4 Å². The number of ether oxygens (including phenoxy) is 2. The fraction of sp³-hybridized carbons (Fsp3) is 0.806. The van der Waals surface area contributed by atoms with E-state index in [2.05, 4.69) is 29.2 Å². The summed E-state index contributed by atoms with van der Waals surface area (Å²) < 4.78 is 38.8. The molecule has 224 valence electrons. The van der Waals surface area contributed by atoms with E-state index in [0.29, 0.717) is 24.0 Å². The van der Waals surface area contributed by atoms with Crippen LogP contribution in [0.25, 0.3) is 0 Å². The molecule has 1 aromatic carbocycles. The summed E-state index contributed by atoms with van der Waals surface area (Å²) in [5, 5.41) is 0. The first-order chi connectivity index (χ1) is 19.2. The van der Waals surface area contributed by atoms with Gasteiger partial charge in [-0.15, -0.1) is 0 Å². The summed E-state index contributed by atoms with van der Waals surface area (Å²) in [5.41, 5.74) is 1.42. The molecule has 0 atom stereocenters. The van der Waals surface area contributed by atoms with Crippen LogP contribution in [0.2, 0.25) is 0 Å². The molecule has 2 heterocycles. The Bertz CT molecular complexity index is 1060. The first-order valence-electron chi connectivity index (χ1n) is 15.6. The van der Waals surface area contributed by atoms with Gasteiger partial charge in [-0.1, -0.05) is 18.6 Å². The van der Waals surface area contributed by atoms with Crippen LogP contribution in [-0.2, 0) is 24.6 Å².